The molecule has 2 aromatic rings. The lowest BCUT2D eigenvalue weighted by Crippen LogP contribution is -2.56. The van der Waals surface area contributed by atoms with Gasteiger partial charge in [0, 0.05) is 24.7 Å². The van der Waals surface area contributed by atoms with E-state index in [1.807, 2.05) is 0 Å². The van der Waals surface area contributed by atoms with Crippen molar-refractivity contribution in [3.8, 4) is 5.75 Å². The number of hydrogen-bond acceptors (Lipinski definition) is 6. The van der Waals surface area contributed by atoms with E-state index in [2.05, 4.69) is 20.6 Å². The lowest BCUT2D eigenvalue weighted by molar-refractivity contribution is -0.142. The highest BCUT2D eigenvalue weighted by molar-refractivity contribution is 5.92. The molecule has 0 aliphatic heterocycles. The van der Waals surface area contributed by atoms with E-state index in [1.54, 1.807) is 26.0 Å². The Kier molecular flexibility index (Phi) is 7.93. The number of carboxylic acids is 1. The van der Waals surface area contributed by atoms with E-state index in [0.29, 0.717) is 11.3 Å². The molecule has 1 aromatic carbocycles. The predicted molar refractivity (Wildman–Crippen MR) is 108 cm³/mol. The van der Waals surface area contributed by atoms with Crippen molar-refractivity contribution in [1.82, 2.24) is 20.6 Å². The Labute approximate surface area is 173 Å². The molecular weight excluding hydrogens is 390 g/mol. The third kappa shape index (κ3) is 6.59. The van der Waals surface area contributed by atoms with E-state index in [4.69, 9.17) is 5.73 Å². The molecular formula is C20H27N5O5. The molecule has 162 valence electrons. The molecule has 0 aliphatic rings. The number of phenolic OH excluding ortho intramolecular Hbond substituents is 1. The molecule has 3 atom stereocenters. The molecule has 0 fully saturated rings. The van der Waals surface area contributed by atoms with Crippen LogP contribution in [0.1, 0.15) is 25.1 Å². The number of carbonyl (C=O) groups excluding carboxylic acids is 2. The number of aromatic amines is 1. The number of amides is 2. The Morgan fingerprint density at radius 1 is 1.07 bits per heavy atom. The molecule has 2 amide bonds. The number of carbonyl (C=O) groups is 3. The smallest absolute Gasteiger partial charge is 0.326 e. The van der Waals surface area contributed by atoms with Gasteiger partial charge in [0.15, 0.2) is 0 Å². The average Bonchev–Trinajstić information content (AvgIpc) is 3.20. The molecule has 0 aliphatic carbocycles. The molecule has 10 nitrogen and oxygen atoms in total. The summed E-state index contributed by atoms with van der Waals surface area (Å²) >= 11 is 0. The van der Waals surface area contributed by atoms with E-state index < -0.39 is 35.9 Å². The van der Waals surface area contributed by atoms with Crippen LogP contribution in [-0.4, -0.2) is 56.1 Å². The quantitative estimate of drug-likeness (QED) is 0.314. The van der Waals surface area contributed by atoms with Crippen LogP contribution in [0, 0.1) is 5.92 Å². The van der Waals surface area contributed by atoms with Crippen LogP contribution in [-0.2, 0) is 27.2 Å². The van der Waals surface area contributed by atoms with Crippen LogP contribution in [0.4, 0.5) is 0 Å². The molecule has 2 rings (SSSR count). The summed E-state index contributed by atoms with van der Waals surface area (Å²) in [4.78, 5) is 43.7. The summed E-state index contributed by atoms with van der Waals surface area (Å²) in [5.74, 6) is -2.46. The fourth-order valence-corrected chi connectivity index (χ4v) is 2.74. The first kappa shape index (κ1) is 22.9. The van der Waals surface area contributed by atoms with E-state index in [1.165, 1.54) is 24.7 Å². The van der Waals surface area contributed by atoms with Crippen molar-refractivity contribution in [2.75, 3.05) is 0 Å². The van der Waals surface area contributed by atoms with E-state index in [0.717, 1.165) is 0 Å². The Balaban J connectivity index is 2.14. The van der Waals surface area contributed by atoms with Crippen LogP contribution in [0.25, 0.3) is 0 Å². The highest BCUT2D eigenvalue weighted by atomic mass is 16.4. The third-order valence-electron chi connectivity index (χ3n) is 4.62. The fraction of sp³-hybridized carbons (Fsp3) is 0.400. The van der Waals surface area contributed by atoms with Crippen LogP contribution in [0.5, 0.6) is 5.75 Å². The predicted octanol–water partition coefficient (Wildman–Crippen LogP) is -0.0620. The first-order chi connectivity index (χ1) is 14.2. The van der Waals surface area contributed by atoms with Crippen LogP contribution >= 0.6 is 0 Å². The molecule has 30 heavy (non-hydrogen) atoms. The number of nitrogens with zero attached hydrogens (tertiary/aromatic N) is 1. The fourth-order valence-electron chi connectivity index (χ4n) is 2.74. The van der Waals surface area contributed by atoms with Crippen LogP contribution < -0.4 is 16.4 Å². The number of hydrogen-bond donors (Lipinski definition) is 6. The molecule has 0 spiro atoms. The summed E-state index contributed by atoms with van der Waals surface area (Å²) in [5.41, 5.74) is 7.09. The molecule has 10 heteroatoms. The van der Waals surface area contributed by atoms with E-state index in [-0.39, 0.29) is 24.5 Å². The molecule has 7 N–H and O–H groups in total. The van der Waals surface area contributed by atoms with Gasteiger partial charge in [-0.3, -0.25) is 9.59 Å². The number of aliphatic carboxylic acids is 1. The van der Waals surface area contributed by atoms with Gasteiger partial charge in [-0.1, -0.05) is 26.0 Å². The zero-order chi connectivity index (χ0) is 22.3. The van der Waals surface area contributed by atoms with Gasteiger partial charge < -0.3 is 31.6 Å². The number of imidazole rings is 1. The maximum atomic E-state index is 12.9. The topological polar surface area (TPSA) is 170 Å². The lowest BCUT2D eigenvalue weighted by atomic mass is 10.0. The number of benzene rings is 1. The lowest BCUT2D eigenvalue weighted by Gasteiger charge is -2.23. The number of nitrogens with one attached hydrogen (secondary N) is 3. The molecule has 0 radical (unpaired) electrons. The normalized spacial score (nSPS) is 14.0. The van der Waals surface area contributed by atoms with Crippen molar-refractivity contribution in [2.45, 2.75) is 44.8 Å². The van der Waals surface area contributed by atoms with Gasteiger partial charge in [0.1, 0.15) is 17.8 Å². The van der Waals surface area contributed by atoms with Crippen LogP contribution in [0.15, 0.2) is 36.8 Å². The monoisotopic (exact) mass is 417 g/mol. The van der Waals surface area contributed by atoms with Gasteiger partial charge >= 0.3 is 5.97 Å². The molecule has 1 heterocycles. The summed E-state index contributed by atoms with van der Waals surface area (Å²) in [6.45, 7) is 3.57. The van der Waals surface area contributed by atoms with Gasteiger partial charge in [-0.2, -0.15) is 0 Å². The van der Waals surface area contributed by atoms with E-state index >= 15 is 0 Å². The zero-order valence-electron chi connectivity index (χ0n) is 16.8. The first-order valence-electron chi connectivity index (χ1n) is 9.51. The molecule has 0 saturated carbocycles. The van der Waals surface area contributed by atoms with Crippen LogP contribution in [0.3, 0.4) is 0 Å². The van der Waals surface area contributed by atoms with Crippen molar-refractivity contribution in [1.29, 1.82) is 0 Å². The zero-order valence-corrected chi connectivity index (χ0v) is 16.8. The summed E-state index contributed by atoms with van der Waals surface area (Å²) in [7, 11) is 0. The number of aromatic hydroxyl groups is 1. The second-order valence-corrected chi connectivity index (χ2v) is 7.38. The van der Waals surface area contributed by atoms with Crippen molar-refractivity contribution in [2.24, 2.45) is 11.7 Å². The average molecular weight is 417 g/mol. The maximum Gasteiger partial charge on any atom is 0.326 e. The van der Waals surface area contributed by atoms with Gasteiger partial charge in [-0.25, -0.2) is 9.78 Å². The SMILES string of the molecule is CC(C)[C@H](N)C(=O)N[C@@H](Cc1cnc[nH]1)C(=O)N[C@@H](Cc1ccc(O)cc1)C(=O)O. The van der Waals surface area contributed by atoms with Gasteiger partial charge in [-0.15, -0.1) is 0 Å². The summed E-state index contributed by atoms with van der Waals surface area (Å²) in [6, 6.07) is 2.95. The molecule has 0 unspecified atom stereocenters. The highest BCUT2D eigenvalue weighted by Gasteiger charge is 2.29. The highest BCUT2D eigenvalue weighted by Crippen LogP contribution is 2.12. The minimum absolute atomic E-state index is 0.0115. The van der Waals surface area contributed by atoms with E-state index in [9.17, 15) is 24.6 Å². The van der Waals surface area contributed by atoms with Gasteiger partial charge in [0.25, 0.3) is 0 Å². The van der Waals surface area contributed by atoms with Crippen molar-refractivity contribution in [3.05, 3.63) is 48.0 Å². The number of aromatic nitrogens is 2. The van der Waals surface area contributed by atoms with Crippen molar-refractivity contribution < 1.29 is 24.6 Å². The van der Waals surface area contributed by atoms with Crippen molar-refractivity contribution in [3.63, 3.8) is 0 Å². The Hall–Kier alpha value is -3.40. The number of carboxylic acid groups (broad SMARTS) is 1. The van der Waals surface area contributed by atoms with Crippen LogP contribution in [0.2, 0.25) is 0 Å². The van der Waals surface area contributed by atoms with Gasteiger partial charge in [-0.05, 0) is 23.6 Å². The maximum absolute atomic E-state index is 12.9. The standard InChI is InChI=1S/C20H27N5O5/c1-11(2)17(21)19(28)24-15(8-13-9-22-10-23-13)18(27)25-16(20(29)30)7-12-3-5-14(26)6-4-12/h3-6,9-11,15-17,26H,7-8,21H2,1-2H3,(H,22,23)(H,24,28)(H,25,27)(H,29,30)/t15-,16-,17-/m0/s1. The Morgan fingerprint density at radius 3 is 2.23 bits per heavy atom. The molecule has 0 saturated heterocycles. The van der Waals surface area contributed by atoms with Crippen molar-refractivity contribution >= 4 is 17.8 Å². The molecule has 0 bridgehead atoms. The molecule has 1 aromatic heterocycles. The minimum atomic E-state index is -1.22. The second kappa shape index (κ2) is 10.4. The summed E-state index contributed by atoms with van der Waals surface area (Å²) < 4.78 is 0. The second-order valence-electron chi connectivity index (χ2n) is 7.38. The Morgan fingerprint density at radius 2 is 1.70 bits per heavy atom. The number of H-pyrrole nitrogens is 1. The Bertz CT molecular complexity index is 851. The summed E-state index contributed by atoms with van der Waals surface area (Å²) in [6.07, 6.45) is 3.06. The third-order valence-corrected chi connectivity index (χ3v) is 4.62. The number of nitrogens with two attached hydrogens (primary N) is 1. The minimum Gasteiger partial charge on any atom is -0.508 e. The number of rotatable bonds is 10. The summed E-state index contributed by atoms with van der Waals surface area (Å²) in [5, 5.41) is 24.0. The largest absolute Gasteiger partial charge is 0.508 e. The number of phenols is 1. The first-order valence-corrected chi connectivity index (χ1v) is 9.51. The van der Waals surface area contributed by atoms with Gasteiger partial charge in [0.2, 0.25) is 11.8 Å². The van der Waals surface area contributed by atoms with Gasteiger partial charge in [0.05, 0.1) is 12.4 Å².